The average Bonchev–Trinajstić information content (AvgIpc) is 3.14. The maximum atomic E-state index is 15.0. The van der Waals surface area contributed by atoms with Crippen molar-refractivity contribution in [2.24, 2.45) is 0 Å². The van der Waals surface area contributed by atoms with E-state index in [2.05, 4.69) is 9.97 Å². The molecule has 0 atom stereocenters. The lowest BCUT2D eigenvalue weighted by molar-refractivity contribution is 0.103. The fourth-order valence-corrected chi connectivity index (χ4v) is 4.01. The minimum atomic E-state index is -4.25. The summed E-state index contributed by atoms with van der Waals surface area (Å²) >= 11 is 0. The van der Waals surface area contributed by atoms with Crippen LogP contribution in [-0.2, 0) is 10.0 Å². The molecule has 7 nitrogen and oxygen atoms in total. The number of anilines is 1. The molecule has 10 heteroatoms. The van der Waals surface area contributed by atoms with Crippen molar-refractivity contribution in [1.29, 1.82) is 0 Å². The van der Waals surface area contributed by atoms with E-state index in [9.17, 15) is 22.7 Å². The third kappa shape index (κ3) is 3.37. The van der Waals surface area contributed by atoms with Gasteiger partial charge >= 0.3 is 0 Å². The van der Waals surface area contributed by atoms with Crippen molar-refractivity contribution in [3.63, 3.8) is 0 Å². The van der Waals surface area contributed by atoms with Gasteiger partial charge in [-0.25, -0.2) is 22.2 Å². The molecule has 30 heavy (non-hydrogen) atoms. The zero-order valence-electron chi connectivity index (χ0n) is 15.1. The van der Waals surface area contributed by atoms with Gasteiger partial charge in [-0.1, -0.05) is 0 Å². The largest absolute Gasteiger partial charge is 0.508 e. The molecule has 0 aliphatic rings. The van der Waals surface area contributed by atoms with Gasteiger partial charge in [-0.3, -0.25) is 9.52 Å². The number of hydrogen-bond acceptors (Lipinski definition) is 5. The van der Waals surface area contributed by atoms with Crippen molar-refractivity contribution in [3.8, 4) is 5.75 Å². The first-order valence-electron chi connectivity index (χ1n) is 8.54. The first kappa shape index (κ1) is 19.5. The summed E-state index contributed by atoms with van der Waals surface area (Å²) in [4.78, 5) is 19.4. The van der Waals surface area contributed by atoms with Crippen molar-refractivity contribution in [3.05, 3.63) is 83.7 Å². The molecule has 152 valence electrons. The van der Waals surface area contributed by atoms with Crippen LogP contribution >= 0.6 is 0 Å². The van der Waals surface area contributed by atoms with Crippen LogP contribution < -0.4 is 4.72 Å². The van der Waals surface area contributed by atoms with Gasteiger partial charge in [-0.2, -0.15) is 0 Å². The van der Waals surface area contributed by atoms with E-state index < -0.39 is 38.7 Å². The molecule has 0 aliphatic heterocycles. The van der Waals surface area contributed by atoms with E-state index in [1.807, 2.05) is 4.72 Å². The van der Waals surface area contributed by atoms with E-state index in [0.29, 0.717) is 11.0 Å². The number of phenolic OH excluding ortho intramolecular Hbond substituents is 1. The van der Waals surface area contributed by atoms with Crippen LogP contribution in [0.5, 0.6) is 5.75 Å². The van der Waals surface area contributed by atoms with E-state index in [-0.39, 0.29) is 16.2 Å². The fourth-order valence-electron chi connectivity index (χ4n) is 2.95. The second-order valence-corrected chi connectivity index (χ2v) is 8.00. The number of aromatic amines is 1. The summed E-state index contributed by atoms with van der Waals surface area (Å²) in [6.07, 6.45) is 2.78. The molecule has 0 unspecified atom stereocenters. The Bertz CT molecular complexity index is 1380. The molecule has 2 aromatic heterocycles. The Morgan fingerprint density at radius 2 is 1.80 bits per heavy atom. The molecule has 0 amide bonds. The number of phenols is 1. The van der Waals surface area contributed by atoms with E-state index in [0.717, 1.165) is 36.4 Å². The number of nitrogens with zero attached hydrogens (tertiary/aromatic N) is 1. The monoisotopic (exact) mass is 429 g/mol. The molecule has 0 fully saturated rings. The first-order valence-corrected chi connectivity index (χ1v) is 10.0. The van der Waals surface area contributed by atoms with Gasteiger partial charge in [0.1, 0.15) is 17.2 Å². The van der Waals surface area contributed by atoms with Crippen LogP contribution in [0.1, 0.15) is 15.9 Å². The van der Waals surface area contributed by atoms with Gasteiger partial charge in [-0.05, 0) is 48.5 Å². The summed E-state index contributed by atoms with van der Waals surface area (Å²) in [5.74, 6) is -3.60. The normalized spacial score (nSPS) is 11.5. The van der Waals surface area contributed by atoms with Gasteiger partial charge in [0.05, 0.1) is 16.1 Å². The minimum absolute atomic E-state index is 0.00515. The van der Waals surface area contributed by atoms with Gasteiger partial charge in [0.2, 0.25) is 5.78 Å². The highest BCUT2D eigenvalue weighted by molar-refractivity contribution is 7.92. The number of nitrogens with one attached hydrogen (secondary N) is 2. The summed E-state index contributed by atoms with van der Waals surface area (Å²) in [6, 6.07) is 9.36. The van der Waals surface area contributed by atoms with Gasteiger partial charge in [-0.15, -0.1) is 0 Å². The van der Waals surface area contributed by atoms with Gasteiger partial charge in [0.25, 0.3) is 10.0 Å². The van der Waals surface area contributed by atoms with Crippen LogP contribution in [0.2, 0.25) is 0 Å². The molecule has 0 saturated heterocycles. The molecule has 2 aromatic carbocycles. The minimum Gasteiger partial charge on any atom is -0.508 e. The Morgan fingerprint density at radius 1 is 1.07 bits per heavy atom. The zero-order chi connectivity index (χ0) is 21.5. The number of sulfonamides is 1. The highest BCUT2D eigenvalue weighted by atomic mass is 32.2. The second-order valence-electron chi connectivity index (χ2n) is 6.31. The average molecular weight is 429 g/mol. The SMILES string of the molecule is O=C(c1c(F)ccc(NS(=O)(=O)c2ccc(O)cc2)c1F)c1c[nH]c2ncccc12. The molecule has 4 aromatic rings. The smallest absolute Gasteiger partial charge is 0.261 e. The molecule has 4 rings (SSSR count). The summed E-state index contributed by atoms with van der Waals surface area (Å²) in [5, 5.41) is 9.66. The zero-order valence-corrected chi connectivity index (χ0v) is 15.9. The number of halogens is 2. The Hall–Kier alpha value is -3.79. The summed E-state index contributed by atoms with van der Waals surface area (Å²) in [5.41, 5.74) is -1.13. The molecule has 0 spiro atoms. The van der Waals surface area contributed by atoms with E-state index in [1.54, 1.807) is 12.1 Å². The molecular weight excluding hydrogens is 416 g/mol. The number of carbonyl (C=O) groups is 1. The van der Waals surface area contributed by atoms with Crippen molar-refractivity contribution < 1.29 is 27.1 Å². The first-order chi connectivity index (χ1) is 14.3. The third-order valence-corrected chi connectivity index (χ3v) is 5.79. The maximum absolute atomic E-state index is 15.0. The Morgan fingerprint density at radius 3 is 2.53 bits per heavy atom. The Labute approximate surface area is 169 Å². The number of benzene rings is 2. The van der Waals surface area contributed by atoms with Gasteiger partial charge in [0, 0.05) is 23.3 Å². The topological polar surface area (TPSA) is 112 Å². The molecular formula is C20H13F2N3O4S. The Balaban J connectivity index is 1.75. The van der Waals surface area contributed by atoms with Crippen LogP contribution in [0.4, 0.5) is 14.5 Å². The number of rotatable bonds is 5. The van der Waals surface area contributed by atoms with E-state index in [4.69, 9.17) is 0 Å². The number of pyridine rings is 1. The standard InChI is InChI=1S/C20H13F2N3O4S/c21-15-7-8-16(25-30(28,29)12-5-3-11(26)4-6-12)18(22)17(15)19(27)14-10-24-20-13(14)2-1-9-23-20/h1-10,25-26H,(H,23,24). The van der Waals surface area contributed by atoms with Crippen LogP contribution in [0.25, 0.3) is 11.0 Å². The quantitative estimate of drug-likeness (QED) is 0.420. The van der Waals surface area contributed by atoms with E-state index in [1.165, 1.54) is 12.4 Å². The van der Waals surface area contributed by atoms with Crippen molar-refractivity contribution in [2.45, 2.75) is 4.90 Å². The number of fused-ring (bicyclic) bond motifs is 1. The van der Waals surface area contributed by atoms with E-state index >= 15 is 4.39 Å². The number of aromatic hydroxyl groups is 1. The number of hydrogen-bond donors (Lipinski definition) is 3. The van der Waals surface area contributed by atoms with Crippen LogP contribution in [0.15, 0.2) is 65.8 Å². The maximum Gasteiger partial charge on any atom is 0.261 e. The number of H-pyrrole nitrogens is 1. The number of carbonyl (C=O) groups excluding carboxylic acids is 1. The van der Waals surface area contributed by atoms with Crippen LogP contribution in [-0.4, -0.2) is 29.3 Å². The predicted octanol–water partition coefficient (Wildman–Crippen LogP) is 3.58. The van der Waals surface area contributed by atoms with Crippen LogP contribution in [0.3, 0.4) is 0 Å². The van der Waals surface area contributed by atoms with Crippen molar-refractivity contribution in [1.82, 2.24) is 9.97 Å². The molecule has 0 saturated carbocycles. The number of ketones is 1. The molecule has 0 radical (unpaired) electrons. The van der Waals surface area contributed by atoms with Crippen LogP contribution in [0, 0.1) is 11.6 Å². The van der Waals surface area contributed by atoms with Crippen molar-refractivity contribution >= 4 is 32.5 Å². The lowest BCUT2D eigenvalue weighted by Gasteiger charge is -2.12. The number of aromatic nitrogens is 2. The van der Waals surface area contributed by atoms with Crippen molar-refractivity contribution in [2.75, 3.05) is 4.72 Å². The highest BCUT2D eigenvalue weighted by Crippen LogP contribution is 2.28. The lowest BCUT2D eigenvalue weighted by Crippen LogP contribution is -2.16. The molecule has 3 N–H and O–H groups in total. The molecule has 2 heterocycles. The summed E-state index contributed by atoms with van der Waals surface area (Å²) in [6.45, 7) is 0. The molecule has 0 bridgehead atoms. The van der Waals surface area contributed by atoms with Gasteiger partial charge in [0.15, 0.2) is 5.82 Å². The van der Waals surface area contributed by atoms with Gasteiger partial charge < -0.3 is 10.1 Å². The fraction of sp³-hybridized carbons (Fsp3) is 0. The lowest BCUT2D eigenvalue weighted by atomic mass is 10.0. The summed E-state index contributed by atoms with van der Waals surface area (Å²) < 4.78 is 56.4. The summed E-state index contributed by atoms with van der Waals surface area (Å²) in [7, 11) is -4.25. The second kappa shape index (κ2) is 7.23. The third-order valence-electron chi connectivity index (χ3n) is 4.41. The molecule has 0 aliphatic carbocycles. The Kier molecular flexibility index (Phi) is 4.70. The predicted molar refractivity (Wildman–Crippen MR) is 105 cm³/mol. The highest BCUT2D eigenvalue weighted by Gasteiger charge is 2.26.